The molecule has 0 spiro atoms. The van der Waals surface area contributed by atoms with Crippen LogP contribution in [-0.2, 0) is 11.2 Å². The van der Waals surface area contributed by atoms with Crippen molar-refractivity contribution in [2.45, 2.75) is 33.1 Å². The molecule has 2 aromatic heterocycles. The van der Waals surface area contributed by atoms with Crippen LogP contribution in [0.1, 0.15) is 24.5 Å². The predicted molar refractivity (Wildman–Crippen MR) is 153 cm³/mol. The maximum atomic E-state index is 15.0. The van der Waals surface area contributed by atoms with Crippen LogP contribution in [0.25, 0.3) is 17.2 Å². The number of thioether (sulfide) groups is 1. The lowest BCUT2D eigenvalue weighted by molar-refractivity contribution is -0.274. The van der Waals surface area contributed by atoms with Gasteiger partial charge < -0.3 is 10.1 Å². The number of halogens is 4. The van der Waals surface area contributed by atoms with Crippen LogP contribution in [0.2, 0.25) is 0 Å². The Morgan fingerprint density at radius 3 is 2.65 bits per heavy atom. The lowest BCUT2D eigenvalue weighted by Gasteiger charge is -2.20. The molecule has 1 N–H and O–H groups in total. The number of anilines is 2. The van der Waals surface area contributed by atoms with Crippen molar-refractivity contribution in [1.82, 2.24) is 19.7 Å². The molecule has 0 aliphatic carbocycles. The van der Waals surface area contributed by atoms with Gasteiger partial charge in [0.05, 0.1) is 23.3 Å². The van der Waals surface area contributed by atoms with E-state index >= 15 is 0 Å². The van der Waals surface area contributed by atoms with Crippen LogP contribution in [0.4, 0.5) is 33.7 Å². The Labute approximate surface area is 246 Å². The molecule has 0 atom stereocenters. The summed E-state index contributed by atoms with van der Waals surface area (Å²) >= 11 is 1.12. The number of amides is 3. The number of hydrogen-bond donors (Lipinski definition) is 1. The van der Waals surface area contributed by atoms with E-state index in [1.54, 1.807) is 0 Å². The molecule has 3 heterocycles. The zero-order valence-electron chi connectivity index (χ0n) is 22.7. The fraction of sp³-hybridized carbons (Fsp3) is 0.214. The maximum Gasteiger partial charge on any atom is 0.573 e. The van der Waals surface area contributed by atoms with E-state index in [9.17, 15) is 27.2 Å². The zero-order valence-corrected chi connectivity index (χ0v) is 23.5. The lowest BCUT2D eigenvalue weighted by Crippen LogP contribution is -2.31. The molecule has 1 fully saturated rings. The number of ether oxygens (including phenoxy) is 1. The first-order valence-electron chi connectivity index (χ1n) is 12.9. The van der Waals surface area contributed by atoms with Crippen molar-refractivity contribution in [3.05, 3.63) is 78.0 Å². The minimum absolute atomic E-state index is 0.104. The van der Waals surface area contributed by atoms with Gasteiger partial charge in [-0.2, -0.15) is 4.99 Å². The first-order chi connectivity index (χ1) is 20.5. The number of benzene rings is 2. The molecule has 15 heteroatoms. The molecule has 4 aromatic rings. The van der Waals surface area contributed by atoms with Gasteiger partial charge in [-0.05, 0) is 60.9 Å². The van der Waals surface area contributed by atoms with Crippen molar-refractivity contribution in [3.63, 3.8) is 0 Å². The van der Waals surface area contributed by atoms with Gasteiger partial charge >= 0.3 is 12.4 Å². The number of aryl methyl sites for hydroxylation is 2. The summed E-state index contributed by atoms with van der Waals surface area (Å²) in [6.45, 7) is 3.94. The van der Waals surface area contributed by atoms with Gasteiger partial charge in [-0.15, -0.1) is 18.3 Å². The Morgan fingerprint density at radius 2 is 1.95 bits per heavy atom. The highest BCUT2D eigenvalue weighted by Gasteiger charge is 2.32. The number of carbonyl (C=O) groups excluding carboxylic acids is 2. The van der Waals surface area contributed by atoms with E-state index < -0.39 is 24.0 Å². The van der Waals surface area contributed by atoms with Gasteiger partial charge in [-0.1, -0.05) is 37.2 Å². The van der Waals surface area contributed by atoms with Crippen molar-refractivity contribution in [3.8, 4) is 23.0 Å². The lowest BCUT2D eigenvalue weighted by atomic mass is 10.0. The third-order valence-electron chi connectivity index (χ3n) is 6.11. The minimum Gasteiger partial charge on any atom is -0.404 e. The fourth-order valence-electron chi connectivity index (χ4n) is 4.24. The molecule has 0 bridgehead atoms. The molecule has 5 rings (SSSR count). The van der Waals surface area contributed by atoms with Crippen LogP contribution in [-0.4, -0.2) is 49.0 Å². The molecule has 43 heavy (non-hydrogen) atoms. The number of rotatable bonds is 7. The largest absolute Gasteiger partial charge is 0.573 e. The van der Waals surface area contributed by atoms with Crippen LogP contribution in [0.3, 0.4) is 0 Å². The number of aliphatic imine (C=N–C) groups is 1. The summed E-state index contributed by atoms with van der Waals surface area (Å²) in [5, 5.41) is 6.79. The summed E-state index contributed by atoms with van der Waals surface area (Å²) in [6.07, 6.45) is -1.09. The summed E-state index contributed by atoms with van der Waals surface area (Å²) < 4.78 is 57.1. The molecule has 0 radical (unpaired) electrons. The molecule has 2 aromatic carbocycles. The molecular formula is C28H23F4N7O3S. The fourth-order valence-corrected chi connectivity index (χ4v) is 5.10. The SMILES string of the molecule is CCCc1ccc(C)cc1N1C(=O)CSC1=NC(=O)Nc1ccc(-c2ncn(-c3ccc(OC(F)(F)F)cn3)n2)cc1F. The molecule has 1 aliphatic heterocycles. The number of amidine groups is 1. The Hall–Kier alpha value is -4.79. The second-order valence-electron chi connectivity index (χ2n) is 9.33. The predicted octanol–water partition coefficient (Wildman–Crippen LogP) is 6.30. The van der Waals surface area contributed by atoms with E-state index in [4.69, 9.17) is 0 Å². The van der Waals surface area contributed by atoms with Crippen molar-refractivity contribution in [2.24, 2.45) is 4.99 Å². The average molecular weight is 614 g/mol. The van der Waals surface area contributed by atoms with Gasteiger partial charge in [0, 0.05) is 5.56 Å². The Morgan fingerprint density at radius 1 is 1.14 bits per heavy atom. The number of pyridine rings is 1. The summed E-state index contributed by atoms with van der Waals surface area (Å²) in [5.41, 5.74) is 2.70. The highest BCUT2D eigenvalue weighted by Crippen LogP contribution is 2.32. The number of aromatic nitrogens is 4. The molecule has 222 valence electrons. The Kier molecular flexibility index (Phi) is 8.43. The number of hydrogen-bond acceptors (Lipinski definition) is 7. The van der Waals surface area contributed by atoms with E-state index in [-0.39, 0.29) is 39.7 Å². The van der Waals surface area contributed by atoms with E-state index in [1.807, 2.05) is 32.0 Å². The number of nitrogens with zero attached hydrogens (tertiary/aromatic N) is 6. The van der Waals surface area contributed by atoms with E-state index in [2.05, 4.69) is 30.1 Å². The standard InChI is InChI=1S/C28H23F4N7O3S/c1-3-4-17-6-5-16(2)11-22(17)39-24(40)14-43-27(39)36-26(41)35-21-9-7-18(12-20(21)29)25-34-15-38(37-25)23-10-8-19(13-33-23)42-28(30,31)32/h5-13,15H,3-4,14H2,1-2H3,(H,35,41). The summed E-state index contributed by atoms with van der Waals surface area (Å²) in [7, 11) is 0. The number of nitrogens with one attached hydrogen (secondary N) is 1. The Balaban J connectivity index is 1.30. The van der Waals surface area contributed by atoms with Crippen LogP contribution < -0.4 is 15.0 Å². The average Bonchev–Trinajstić information content (AvgIpc) is 3.58. The van der Waals surface area contributed by atoms with Crippen molar-refractivity contribution in [1.29, 1.82) is 0 Å². The molecule has 1 aliphatic rings. The van der Waals surface area contributed by atoms with E-state index in [1.165, 1.54) is 34.1 Å². The maximum absolute atomic E-state index is 15.0. The number of alkyl halides is 3. The number of urea groups is 1. The van der Waals surface area contributed by atoms with Crippen LogP contribution in [0, 0.1) is 12.7 Å². The summed E-state index contributed by atoms with van der Waals surface area (Å²) in [4.78, 5) is 39.0. The Bertz CT molecular complexity index is 1710. The highest BCUT2D eigenvalue weighted by atomic mass is 32.2. The molecule has 0 saturated carbocycles. The quantitative estimate of drug-likeness (QED) is 0.244. The van der Waals surface area contributed by atoms with Gasteiger partial charge in [-0.25, -0.2) is 23.8 Å². The zero-order chi connectivity index (χ0) is 30.7. The van der Waals surface area contributed by atoms with E-state index in [0.29, 0.717) is 5.69 Å². The first-order valence-corrected chi connectivity index (χ1v) is 13.9. The van der Waals surface area contributed by atoms with Crippen molar-refractivity contribution in [2.75, 3.05) is 16.0 Å². The van der Waals surface area contributed by atoms with Gasteiger partial charge in [-0.3, -0.25) is 9.69 Å². The van der Waals surface area contributed by atoms with Gasteiger partial charge in [0.25, 0.3) is 0 Å². The van der Waals surface area contributed by atoms with Gasteiger partial charge in [0.1, 0.15) is 17.9 Å². The third kappa shape index (κ3) is 6.99. The second kappa shape index (κ2) is 12.2. The summed E-state index contributed by atoms with van der Waals surface area (Å²) in [6, 6.07) is 11.2. The third-order valence-corrected chi connectivity index (χ3v) is 7.04. The van der Waals surface area contributed by atoms with Crippen molar-refractivity contribution >= 4 is 40.2 Å². The van der Waals surface area contributed by atoms with Crippen LogP contribution in [0.15, 0.2) is 66.0 Å². The molecule has 1 saturated heterocycles. The highest BCUT2D eigenvalue weighted by molar-refractivity contribution is 8.15. The van der Waals surface area contributed by atoms with Crippen molar-refractivity contribution < 1.29 is 31.9 Å². The monoisotopic (exact) mass is 613 g/mol. The van der Waals surface area contributed by atoms with Gasteiger partial charge in [0.15, 0.2) is 16.8 Å². The minimum atomic E-state index is -4.85. The smallest absolute Gasteiger partial charge is 0.404 e. The topological polar surface area (TPSA) is 115 Å². The van der Waals surface area contributed by atoms with E-state index in [0.717, 1.165) is 54.1 Å². The number of carbonyl (C=O) groups is 2. The first kappa shape index (κ1) is 29.7. The van der Waals surface area contributed by atoms with Crippen LogP contribution >= 0.6 is 11.8 Å². The molecule has 3 amide bonds. The molecule has 10 nitrogen and oxygen atoms in total. The van der Waals surface area contributed by atoms with Crippen LogP contribution in [0.5, 0.6) is 5.75 Å². The second-order valence-corrected chi connectivity index (χ2v) is 10.3. The molecular weight excluding hydrogens is 590 g/mol. The molecule has 0 unspecified atom stereocenters. The normalized spacial score (nSPS) is 14.4. The van der Waals surface area contributed by atoms with Gasteiger partial charge in [0.2, 0.25) is 5.91 Å². The summed E-state index contributed by atoms with van der Waals surface area (Å²) in [5.74, 6) is -1.11.